The van der Waals surface area contributed by atoms with Crippen LogP contribution in [0, 0.1) is 25.2 Å². The number of carbonyl (C=O) groups is 1. The van der Waals surface area contributed by atoms with Gasteiger partial charge in [-0.3, -0.25) is 9.36 Å². The van der Waals surface area contributed by atoms with Crippen LogP contribution in [0.3, 0.4) is 0 Å². The molecule has 0 spiro atoms. The van der Waals surface area contributed by atoms with E-state index in [0.29, 0.717) is 33.8 Å². The van der Waals surface area contributed by atoms with Gasteiger partial charge >= 0.3 is 0 Å². The Bertz CT molecular complexity index is 1280. The third-order valence-electron chi connectivity index (χ3n) is 5.75. The lowest BCUT2D eigenvalue weighted by molar-refractivity contribution is -0.113. The van der Waals surface area contributed by atoms with E-state index >= 15 is 0 Å². The van der Waals surface area contributed by atoms with E-state index in [4.69, 9.17) is 16.3 Å². The van der Waals surface area contributed by atoms with E-state index in [1.165, 1.54) is 28.0 Å². The van der Waals surface area contributed by atoms with Crippen molar-refractivity contribution in [3.05, 3.63) is 62.8 Å². The highest BCUT2D eigenvalue weighted by Crippen LogP contribution is 2.37. The number of aryl methyl sites for hydroxylation is 3. The van der Waals surface area contributed by atoms with Crippen molar-refractivity contribution in [2.24, 2.45) is 0 Å². The highest BCUT2D eigenvalue weighted by Gasteiger charge is 2.22. The number of hydrogen-bond acceptors (Lipinski definition) is 7. The van der Waals surface area contributed by atoms with E-state index in [1.807, 2.05) is 30.5 Å². The minimum Gasteiger partial charge on any atom is -0.486 e. The second kappa shape index (κ2) is 11.3. The quantitative estimate of drug-likeness (QED) is 0.277. The van der Waals surface area contributed by atoms with Gasteiger partial charge in [-0.2, -0.15) is 5.26 Å². The summed E-state index contributed by atoms with van der Waals surface area (Å²) < 4.78 is 7.83. The van der Waals surface area contributed by atoms with E-state index in [-0.39, 0.29) is 18.3 Å². The fraction of sp³-hybridized carbons (Fsp3) is 0.360. The first-order chi connectivity index (χ1) is 16.9. The molecule has 1 aliphatic carbocycles. The zero-order valence-electron chi connectivity index (χ0n) is 19.7. The number of benzene rings is 1. The molecule has 1 N–H and O–H groups in total. The number of anilines is 1. The van der Waals surface area contributed by atoms with Gasteiger partial charge in [0.15, 0.2) is 11.0 Å². The van der Waals surface area contributed by atoms with Gasteiger partial charge < -0.3 is 10.1 Å². The first kappa shape index (κ1) is 25.3. The molecule has 1 aliphatic rings. The van der Waals surface area contributed by atoms with Crippen LogP contribution in [0.4, 0.5) is 5.00 Å². The van der Waals surface area contributed by atoms with Crippen LogP contribution in [0.5, 0.6) is 5.75 Å². The van der Waals surface area contributed by atoms with Gasteiger partial charge in [0.25, 0.3) is 0 Å². The topological polar surface area (TPSA) is 92.8 Å². The number of nitriles is 1. The summed E-state index contributed by atoms with van der Waals surface area (Å²) in [5.41, 5.74) is 3.61. The average Bonchev–Trinajstić information content (AvgIpc) is 3.39. The maximum Gasteiger partial charge on any atom is 0.235 e. The molecule has 0 saturated carbocycles. The zero-order chi connectivity index (χ0) is 24.9. The van der Waals surface area contributed by atoms with E-state index in [1.54, 1.807) is 6.08 Å². The second-order valence-corrected chi connectivity index (χ2v) is 10.7. The molecule has 0 unspecified atom stereocenters. The molecular formula is C25H26ClN5O2S2. The van der Waals surface area contributed by atoms with Gasteiger partial charge in [-0.05, 0) is 68.4 Å². The molecule has 2 aromatic heterocycles. The number of halogens is 1. The molecule has 3 aromatic rings. The number of nitrogens with one attached hydrogen (secondary N) is 1. The summed E-state index contributed by atoms with van der Waals surface area (Å²) in [6.07, 6.45) is 5.85. The Kier molecular flexibility index (Phi) is 8.16. The third kappa shape index (κ3) is 5.72. The van der Waals surface area contributed by atoms with Crippen molar-refractivity contribution >= 4 is 45.6 Å². The molecule has 0 radical (unpaired) electrons. The molecule has 0 bridgehead atoms. The van der Waals surface area contributed by atoms with Gasteiger partial charge in [0.1, 0.15) is 23.4 Å². The summed E-state index contributed by atoms with van der Waals surface area (Å²) in [6, 6.07) is 6.06. The summed E-state index contributed by atoms with van der Waals surface area (Å²) in [5, 5.41) is 23.1. The Hall–Kier alpha value is -2.80. The second-order valence-electron chi connectivity index (χ2n) is 8.32. The standard InChI is InChI=1S/C25H26ClN5O2S2/c1-4-9-31-21(13-33-17-10-15(2)23(26)16(3)11-17)29-30-25(31)34-14-22(32)28-24-19(12-27)18-7-5-6-8-20(18)35-24/h4,10-11H,1,5-9,13-14H2,2-3H3,(H,28,32). The van der Waals surface area contributed by atoms with Gasteiger partial charge in [-0.25, -0.2) is 0 Å². The highest BCUT2D eigenvalue weighted by atomic mass is 35.5. The van der Waals surface area contributed by atoms with Crippen LogP contribution in [0.2, 0.25) is 5.02 Å². The van der Waals surface area contributed by atoms with Crippen molar-refractivity contribution in [2.75, 3.05) is 11.1 Å². The SMILES string of the molecule is C=CCn1c(COc2cc(C)c(Cl)c(C)c2)nnc1SCC(=O)Nc1sc2c(c1C#N)CCCC2. The van der Waals surface area contributed by atoms with Crippen LogP contribution >= 0.6 is 34.7 Å². The Morgan fingerprint density at radius 2 is 2.09 bits per heavy atom. The number of ether oxygens (including phenoxy) is 1. The molecule has 1 aromatic carbocycles. The number of aromatic nitrogens is 3. The lowest BCUT2D eigenvalue weighted by atomic mass is 9.96. The van der Waals surface area contributed by atoms with E-state index in [0.717, 1.165) is 47.4 Å². The number of fused-ring (bicyclic) bond motifs is 1. The van der Waals surface area contributed by atoms with Gasteiger partial charge in [0.05, 0.1) is 11.3 Å². The maximum absolute atomic E-state index is 12.7. The Morgan fingerprint density at radius 1 is 1.34 bits per heavy atom. The number of hydrogen-bond donors (Lipinski definition) is 1. The van der Waals surface area contributed by atoms with Gasteiger partial charge in [0.2, 0.25) is 5.91 Å². The normalized spacial score (nSPS) is 12.6. The van der Waals surface area contributed by atoms with Crippen molar-refractivity contribution in [2.45, 2.75) is 57.8 Å². The Morgan fingerprint density at radius 3 is 2.80 bits per heavy atom. The van der Waals surface area contributed by atoms with Crippen LogP contribution < -0.4 is 10.1 Å². The Balaban J connectivity index is 1.41. The van der Waals surface area contributed by atoms with E-state index < -0.39 is 0 Å². The number of amides is 1. The molecule has 0 atom stereocenters. The molecule has 0 fully saturated rings. The van der Waals surface area contributed by atoms with Crippen LogP contribution in [-0.4, -0.2) is 26.4 Å². The molecule has 4 rings (SSSR count). The maximum atomic E-state index is 12.7. The summed E-state index contributed by atoms with van der Waals surface area (Å²) in [6.45, 7) is 8.41. The number of thioether (sulfide) groups is 1. The van der Waals surface area contributed by atoms with Crippen LogP contribution in [0.15, 0.2) is 29.9 Å². The van der Waals surface area contributed by atoms with Gasteiger partial charge in [-0.15, -0.1) is 28.1 Å². The molecule has 2 heterocycles. The first-order valence-electron chi connectivity index (χ1n) is 11.3. The van der Waals surface area contributed by atoms with Gasteiger partial charge in [-0.1, -0.05) is 29.4 Å². The number of thiophene rings is 1. The molecule has 35 heavy (non-hydrogen) atoms. The van der Waals surface area contributed by atoms with Gasteiger partial charge in [0, 0.05) is 16.4 Å². The molecule has 1 amide bonds. The lowest BCUT2D eigenvalue weighted by Gasteiger charge is -2.11. The predicted molar refractivity (Wildman–Crippen MR) is 141 cm³/mol. The number of nitrogens with zero attached hydrogens (tertiary/aromatic N) is 4. The van der Waals surface area contributed by atoms with Crippen LogP contribution in [0.25, 0.3) is 0 Å². The first-order valence-corrected chi connectivity index (χ1v) is 13.5. The van der Waals surface area contributed by atoms with Crippen molar-refractivity contribution in [3.63, 3.8) is 0 Å². The lowest BCUT2D eigenvalue weighted by Crippen LogP contribution is -2.15. The Labute approximate surface area is 218 Å². The molecule has 182 valence electrons. The van der Waals surface area contributed by atoms with Crippen molar-refractivity contribution in [1.82, 2.24) is 14.8 Å². The smallest absolute Gasteiger partial charge is 0.235 e. The summed E-state index contributed by atoms with van der Waals surface area (Å²) in [4.78, 5) is 13.9. The molecule has 0 aliphatic heterocycles. The summed E-state index contributed by atoms with van der Waals surface area (Å²) in [7, 11) is 0. The van der Waals surface area contributed by atoms with Crippen LogP contribution in [0.1, 0.15) is 45.8 Å². The predicted octanol–water partition coefficient (Wildman–Crippen LogP) is 5.86. The third-order valence-corrected chi connectivity index (χ3v) is 8.52. The number of carbonyl (C=O) groups excluding carboxylic acids is 1. The van der Waals surface area contributed by atoms with Crippen molar-refractivity contribution in [1.29, 1.82) is 5.26 Å². The summed E-state index contributed by atoms with van der Waals surface area (Å²) in [5.74, 6) is 1.32. The van der Waals surface area contributed by atoms with E-state index in [9.17, 15) is 10.1 Å². The molecule has 7 nitrogen and oxygen atoms in total. The molecule has 0 saturated heterocycles. The van der Waals surface area contributed by atoms with Crippen LogP contribution in [-0.2, 0) is 30.8 Å². The molecule has 10 heteroatoms. The average molecular weight is 528 g/mol. The zero-order valence-corrected chi connectivity index (χ0v) is 22.1. The minimum atomic E-state index is -0.178. The minimum absolute atomic E-state index is 0.152. The fourth-order valence-corrected chi connectivity index (χ4v) is 6.18. The van der Waals surface area contributed by atoms with Crippen molar-refractivity contribution < 1.29 is 9.53 Å². The fourth-order valence-electron chi connectivity index (χ4n) is 4.05. The van der Waals surface area contributed by atoms with Crippen molar-refractivity contribution in [3.8, 4) is 11.8 Å². The van der Waals surface area contributed by atoms with E-state index in [2.05, 4.69) is 28.2 Å². The number of rotatable bonds is 9. The summed E-state index contributed by atoms with van der Waals surface area (Å²) >= 11 is 9.06. The highest BCUT2D eigenvalue weighted by molar-refractivity contribution is 7.99. The monoisotopic (exact) mass is 527 g/mol. The largest absolute Gasteiger partial charge is 0.486 e. The number of allylic oxidation sites excluding steroid dienone is 1. The molecular weight excluding hydrogens is 502 g/mol.